The quantitative estimate of drug-likeness (QED) is 0.793. The molecule has 2 aromatic rings. The van der Waals surface area contributed by atoms with Gasteiger partial charge in [-0.3, -0.25) is 4.79 Å². The molecule has 0 bridgehead atoms. The van der Waals surface area contributed by atoms with Crippen molar-refractivity contribution in [1.82, 2.24) is 14.7 Å². The monoisotopic (exact) mass is 287 g/mol. The van der Waals surface area contributed by atoms with Gasteiger partial charge in [0, 0.05) is 26.4 Å². The number of rotatable bonds is 7. The number of amides is 1. The summed E-state index contributed by atoms with van der Waals surface area (Å²) in [7, 11) is 1.78. The van der Waals surface area contributed by atoms with Crippen LogP contribution in [0.15, 0.2) is 42.6 Å². The van der Waals surface area contributed by atoms with Crippen LogP contribution in [-0.4, -0.2) is 45.9 Å². The van der Waals surface area contributed by atoms with E-state index in [4.69, 9.17) is 5.11 Å². The van der Waals surface area contributed by atoms with Gasteiger partial charge in [-0.25, -0.2) is 4.68 Å². The molecule has 1 aromatic heterocycles. The highest BCUT2D eigenvalue weighted by Crippen LogP contribution is 2.08. The van der Waals surface area contributed by atoms with E-state index >= 15 is 0 Å². The van der Waals surface area contributed by atoms with Crippen molar-refractivity contribution in [3.05, 3.63) is 48.3 Å². The number of benzene rings is 1. The summed E-state index contributed by atoms with van der Waals surface area (Å²) in [4.78, 5) is 13.9. The number of carbonyl (C=O) groups excluding carboxylic acids is 1. The standard InChI is InChI=1S/C16H21N3O2/c1-18(11-6-3-7-13-20)16(21)15-10-12-19(17-15)14-8-4-2-5-9-14/h2,4-5,8-10,12,20H,3,6-7,11,13H2,1H3. The summed E-state index contributed by atoms with van der Waals surface area (Å²) < 4.78 is 1.70. The summed E-state index contributed by atoms with van der Waals surface area (Å²) in [5.41, 5.74) is 1.38. The van der Waals surface area contributed by atoms with Gasteiger partial charge in [-0.2, -0.15) is 5.10 Å². The van der Waals surface area contributed by atoms with Crippen molar-refractivity contribution < 1.29 is 9.90 Å². The van der Waals surface area contributed by atoms with Gasteiger partial charge < -0.3 is 10.0 Å². The summed E-state index contributed by atoms with van der Waals surface area (Å²) in [5, 5.41) is 13.1. The molecule has 0 saturated carbocycles. The van der Waals surface area contributed by atoms with E-state index in [9.17, 15) is 4.79 Å². The Morgan fingerprint density at radius 3 is 2.67 bits per heavy atom. The number of para-hydroxylation sites is 1. The van der Waals surface area contributed by atoms with Gasteiger partial charge in [0.1, 0.15) is 0 Å². The molecule has 0 saturated heterocycles. The summed E-state index contributed by atoms with van der Waals surface area (Å²) >= 11 is 0. The normalized spacial score (nSPS) is 10.6. The molecule has 1 amide bonds. The smallest absolute Gasteiger partial charge is 0.274 e. The van der Waals surface area contributed by atoms with E-state index in [1.165, 1.54) is 0 Å². The third-order valence-corrected chi connectivity index (χ3v) is 3.33. The molecule has 0 atom stereocenters. The second-order valence-corrected chi connectivity index (χ2v) is 4.99. The first-order valence-corrected chi connectivity index (χ1v) is 7.20. The van der Waals surface area contributed by atoms with Gasteiger partial charge >= 0.3 is 0 Å². The van der Waals surface area contributed by atoms with Gasteiger partial charge in [0.25, 0.3) is 5.91 Å². The highest BCUT2D eigenvalue weighted by Gasteiger charge is 2.14. The van der Waals surface area contributed by atoms with Crippen LogP contribution in [0.1, 0.15) is 29.8 Å². The molecule has 2 rings (SSSR count). The lowest BCUT2D eigenvalue weighted by atomic mass is 10.2. The number of hydrogen-bond acceptors (Lipinski definition) is 3. The first-order valence-electron chi connectivity index (χ1n) is 7.20. The fourth-order valence-corrected chi connectivity index (χ4v) is 2.10. The summed E-state index contributed by atoms with van der Waals surface area (Å²) in [5.74, 6) is -0.0753. The lowest BCUT2D eigenvalue weighted by Crippen LogP contribution is -2.28. The van der Waals surface area contributed by atoms with Crippen molar-refractivity contribution in [3.8, 4) is 5.69 Å². The fourth-order valence-electron chi connectivity index (χ4n) is 2.10. The Labute approximate surface area is 124 Å². The van der Waals surface area contributed by atoms with Crippen molar-refractivity contribution in [3.63, 3.8) is 0 Å². The second kappa shape index (κ2) is 7.59. The molecular weight excluding hydrogens is 266 g/mol. The van der Waals surface area contributed by atoms with Gasteiger partial charge in [-0.05, 0) is 37.5 Å². The van der Waals surface area contributed by atoms with E-state index in [1.54, 1.807) is 28.9 Å². The Kier molecular flexibility index (Phi) is 5.51. The van der Waals surface area contributed by atoms with Gasteiger partial charge in [0.2, 0.25) is 0 Å². The number of nitrogens with zero attached hydrogens (tertiary/aromatic N) is 3. The third kappa shape index (κ3) is 4.16. The number of carbonyl (C=O) groups is 1. The van der Waals surface area contributed by atoms with E-state index in [0.717, 1.165) is 24.9 Å². The van der Waals surface area contributed by atoms with Crippen LogP contribution < -0.4 is 0 Å². The van der Waals surface area contributed by atoms with Crippen LogP contribution in [0.3, 0.4) is 0 Å². The maximum Gasteiger partial charge on any atom is 0.274 e. The minimum Gasteiger partial charge on any atom is -0.396 e. The molecule has 112 valence electrons. The number of aliphatic hydroxyl groups is 1. The van der Waals surface area contributed by atoms with E-state index in [2.05, 4.69) is 5.10 Å². The molecule has 5 heteroatoms. The molecule has 0 unspecified atom stereocenters. The predicted molar refractivity (Wildman–Crippen MR) is 81.5 cm³/mol. The zero-order valence-corrected chi connectivity index (χ0v) is 12.3. The first kappa shape index (κ1) is 15.3. The van der Waals surface area contributed by atoms with E-state index in [1.807, 2.05) is 30.3 Å². The lowest BCUT2D eigenvalue weighted by Gasteiger charge is -2.15. The molecule has 5 nitrogen and oxygen atoms in total. The second-order valence-electron chi connectivity index (χ2n) is 4.99. The van der Waals surface area contributed by atoms with Crippen LogP contribution in [0, 0.1) is 0 Å². The van der Waals surface area contributed by atoms with Crippen LogP contribution >= 0.6 is 0 Å². The Balaban J connectivity index is 1.95. The molecule has 21 heavy (non-hydrogen) atoms. The van der Waals surface area contributed by atoms with Crippen molar-refractivity contribution in [2.24, 2.45) is 0 Å². The minimum atomic E-state index is -0.0753. The Hall–Kier alpha value is -2.14. The molecule has 0 aliphatic carbocycles. The third-order valence-electron chi connectivity index (χ3n) is 3.33. The summed E-state index contributed by atoms with van der Waals surface area (Å²) in [6.45, 7) is 0.885. The van der Waals surface area contributed by atoms with Crippen molar-refractivity contribution in [2.75, 3.05) is 20.2 Å². The molecular formula is C16H21N3O2. The van der Waals surface area contributed by atoms with Crippen molar-refractivity contribution in [2.45, 2.75) is 19.3 Å². The van der Waals surface area contributed by atoms with Crippen LogP contribution in [-0.2, 0) is 0 Å². The van der Waals surface area contributed by atoms with E-state index < -0.39 is 0 Å². The van der Waals surface area contributed by atoms with Gasteiger partial charge in [-0.1, -0.05) is 18.2 Å². The fraction of sp³-hybridized carbons (Fsp3) is 0.375. The van der Waals surface area contributed by atoms with Gasteiger partial charge in [0.15, 0.2) is 5.69 Å². The maximum absolute atomic E-state index is 12.3. The molecule has 1 heterocycles. The number of hydrogen-bond donors (Lipinski definition) is 1. The number of aliphatic hydroxyl groups excluding tert-OH is 1. The largest absolute Gasteiger partial charge is 0.396 e. The Morgan fingerprint density at radius 2 is 1.95 bits per heavy atom. The Bertz CT molecular complexity index is 566. The molecule has 1 N–H and O–H groups in total. The zero-order valence-electron chi connectivity index (χ0n) is 12.3. The van der Waals surface area contributed by atoms with Crippen LogP contribution in [0.2, 0.25) is 0 Å². The SMILES string of the molecule is CN(CCCCCO)C(=O)c1ccn(-c2ccccc2)n1. The Morgan fingerprint density at radius 1 is 1.19 bits per heavy atom. The minimum absolute atomic E-state index is 0.0753. The molecule has 0 spiro atoms. The van der Waals surface area contributed by atoms with Crippen LogP contribution in [0.5, 0.6) is 0 Å². The van der Waals surface area contributed by atoms with E-state index in [-0.39, 0.29) is 12.5 Å². The molecule has 0 radical (unpaired) electrons. The first-order chi connectivity index (χ1) is 10.2. The summed E-state index contributed by atoms with van der Waals surface area (Å²) in [6, 6.07) is 11.4. The highest BCUT2D eigenvalue weighted by atomic mass is 16.2. The predicted octanol–water partition coefficient (Wildman–Crippen LogP) is 2.11. The lowest BCUT2D eigenvalue weighted by molar-refractivity contribution is 0.0786. The van der Waals surface area contributed by atoms with Crippen LogP contribution in [0.25, 0.3) is 5.69 Å². The van der Waals surface area contributed by atoms with E-state index in [0.29, 0.717) is 12.2 Å². The zero-order chi connectivity index (χ0) is 15.1. The maximum atomic E-state index is 12.3. The molecule has 1 aromatic carbocycles. The van der Waals surface area contributed by atoms with Crippen molar-refractivity contribution in [1.29, 1.82) is 0 Å². The summed E-state index contributed by atoms with van der Waals surface area (Å²) in [6.07, 6.45) is 4.39. The molecule has 0 fully saturated rings. The van der Waals surface area contributed by atoms with Crippen molar-refractivity contribution >= 4 is 5.91 Å². The number of unbranched alkanes of at least 4 members (excludes halogenated alkanes) is 2. The topological polar surface area (TPSA) is 58.4 Å². The molecule has 0 aliphatic heterocycles. The number of aromatic nitrogens is 2. The molecule has 0 aliphatic rings. The van der Waals surface area contributed by atoms with Gasteiger partial charge in [-0.15, -0.1) is 0 Å². The average Bonchev–Trinajstić information content (AvgIpc) is 3.01. The average molecular weight is 287 g/mol. The highest BCUT2D eigenvalue weighted by molar-refractivity contribution is 5.92. The van der Waals surface area contributed by atoms with Crippen LogP contribution in [0.4, 0.5) is 0 Å². The van der Waals surface area contributed by atoms with Gasteiger partial charge in [0.05, 0.1) is 5.69 Å².